The van der Waals surface area contributed by atoms with Gasteiger partial charge in [-0.05, 0) is 17.5 Å². The van der Waals surface area contributed by atoms with E-state index in [9.17, 15) is 13.6 Å². The first-order valence-corrected chi connectivity index (χ1v) is 6.60. The Bertz CT molecular complexity index is 455. The van der Waals surface area contributed by atoms with E-state index in [-0.39, 0.29) is 25.1 Å². The number of fused-ring (bicyclic) bond motifs is 1. The summed E-state index contributed by atoms with van der Waals surface area (Å²) in [4.78, 5) is 11.9. The Morgan fingerprint density at radius 1 is 1.40 bits per heavy atom. The maximum Gasteiger partial charge on any atom is 0.261 e. The van der Waals surface area contributed by atoms with Crippen molar-refractivity contribution in [2.75, 3.05) is 19.8 Å². The molecule has 0 spiro atoms. The van der Waals surface area contributed by atoms with Gasteiger partial charge in [0, 0.05) is 13.1 Å². The minimum absolute atomic E-state index is 0.0966. The van der Waals surface area contributed by atoms with Crippen molar-refractivity contribution in [1.29, 1.82) is 0 Å². The van der Waals surface area contributed by atoms with Crippen LogP contribution in [0.15, 0.2) is 24.3 Å². The molecule has 0 aliphatic carbocycles. The van der Waals surface area contributed by atoms with E-state index in [1.165, 1.54) is 11.1 Å². The van der Waals surface area contributed by atoms with Gasteiger partial charge in [0.25, 0.3) is 6.43 Å². The second-order valence-electron chi connectivity index (χ2n) is 4.66. The quantitative estimate of drug-likeness (QED) is 0.769. The van der Waals surface area contributed by atoms with Gasteiger partial charge >= 0.3 is 0 Å². The number of halogens is 2. The van der Waals surface area contributed by atoms with Crippen molar-refractivity contribution in [2.45, 2.75) is 25.4 Å². The molecule has 0 radical (unpaired) electrons. The Morgan fingerprint density at radius 3 is 2.90 bits per heavy atom. The molecule has 1 aromatic rings. The van der Waals surface area contributed by atoms with Crippen LogP contribution in [0.2, 0.25) is 0 Å². The highest BCUT2D eigenvalue weighted by molar-refractivity contribution is 5.82. The van der Waals surface area contributed by atoms with Crippen LogP contribution in [0.3, 0.4) is 0 Å². The summed E-state index contributed by atoms with van der Waals surface area (Å²) in [6.07, 6.45) is -1.83. The molecule has 1 amide bonds. The van der Waals surface area contributed by atoms with Crippen LogP contribution < -0.4 is 10.6 Å². The van der Waals surface area contributed by atoms with Crippen LogP contribution in [0.1, 0.15) is 11.1 Å². The third-order valence-corrected chi connectivity index (χ3v) is 3.19. The Hall–Kier alpha value is -1.53. The third kappa shape index (κ3) is 4.25. The van der Waals surface area contributed by atoms with Crippen LogP contribution in [0, 0.1) is 0 Å². The number of nitrogens with one attached hydrogen (secondary N) is 2. The summed E-state index contributed by atoms with van der Waals surface area (Å²) >= 11 is 0. The van der Waals surface area contributed by atoms with Gasteiger partial charge in [-0.3, -0.25) is 4.79 Å². The Balaban J connectivity index is 1.72. The number of rotatable bonds is 6. The Morgan fingerprint density at radius 2 is 2.15 bits per heavy atom. The van der Waals surface area contributed by atoms with E-state index in [0.29, 0.717) is 13.0 Å². The fourth-order valence-corrected chi connectivity index (χ4v) is 2.18. The number of amides is 1. The summed E-state index contributed by atoms with van der Waals surface area (Å²) in [6.45, 7) is 0.409. The maximum absolute atomic E-state index is 11.9. The lowest BCUT2D eigenvalue weighted by Gasteiger charge is -2.25. The summed E-state index contributed by atoms with van der Waals surface area (Å²) in [7, 11) is 0. The third-order valence-electron chi connectivity index (χ3n) is 3.19. The number of carbonyl (C=O) groups is 1. The lowest BCUT2D eigenvalue weighted by molar-refractivity contribution is -0.123. The van der Waals surface area contributed by atoms with E-state index in [0.717, 1.165) is 0 Å². The SMILES string of the molecule is O=C(NCCOCC(F)F)C1Cc2ccccc2CN1. The summed E-state index contributed by atoms with van der Waals surface area (Å²) in [5.74, 6) is -0.125. The average molecular weight is 284 g/mol. The standard InChI is InChI=1S/C14H18F2N2O2/c15-13(16)9-20-6-5-17-14(19)12-7-10-3-1-2-4-11(10)8-18-12/h1-4,12-13,18H,5-9H2,(H,17,19). The number of carbonyl (C=O) groups excluding carboxylic acids is 1. The van der Waals surface area contributed by atoms with Crippen LogP contribution in [0.4, 0.5) is 8.78 Å². The highest BCUT2D eigenvalue weighted by Crippen LogP contribution is 2.16. The van der Waals surface area contributed by atoms with Crippen molar-refractivity contribution in [3.05, 3.63) is 35.4 Å². The van der Waals surface area contributed by atoms with Crippen molar-refractivity contribution in [2.24, 2.45) is 0 Å². The van der Waals surface area contributed by atoms with Gasteiger partial charge in [-0.2, -0.15) is 0 Å². The number of hydrogen-bond acceptors (Lipinski definition) is 3. The van der Waals surface area contributed by atoms with Crippen molar-refractivity contribution < 1.29 is 18.3 Å². The smallest absolute Gasteiger partial charge is 0.261 e. The van der Waals surface area contributed by atoms with Gasteiger partial charge in [0.1, 0.15) is 6.61 Å². The van der Waals surface area contributed by atoms with E-state index in [1.807, 2.05) is 24.3 Å². The molecule has 2 rings (SSSR count). The molecular weight excluding hydrogens is 266 g/mol. The van der Waals surface area contributed by atoms with Crippen molar-refractivity contribution in [1.82, 2.24) is 10.6 Å². The Labute approximate surface area is 116 Å². The van der Waals surface area contributed by atoms with Crippen LogP contribution in [-0.2, 0) is 22.5 Å². The van der Waals surface area contributed by atoms with Gasteiger partial charge in [0.2, 0.25) is 5.91 Å². The van der Waals surface area contributed by atoms with E-state index in [1.54, 1.807) is 0 Å². The largest absolute Gasteiger partial charge is 0.374 e. The van der Waals surface area contributed by atoms with Crippen molar-refractivity contribution in [3.63, 3.8) is 0 Å². The lowest BCUT2D eigenvalue weighted by atomic mass is 9.95. The van der Waals surface area contributed by atoms with E-state index in [4.69, 9.17) is 4.74 Å². The fraction of sp³-hybridized carbons (Fsp3) is 0.500. The molecule has 0 aromatic heterocycles. The van der Waals surface area contributed by atoms with Gasteiger partial charge in [0.05, 0.1) is 12.6 Å². The molecule has 1 unspecified atom stereocenters. The molecule has 2 N–H and O–H groups in total. The molecule has 1 aliphatic heterocycles. The first kappa shape index (κ1) is 14.9. The zero-order valence-electron chi connectivity index (χ0n) is 11.1. The van der Waals surface area contributed by atoms with E-state index in [2.05, 4.69) is 10.6 Å². The topological polar surface area (TPSA) is 50.4 Å². The van der Waals surface area contributed by atoms with Crippen LogP contribution in [-0.4, -0.2) is 38.1 Å². The number of hydrogen-bond donors (Lipinski definition) is 2. The van der Waals surface area contributed by atoms with E-state index >= 15 is 0 Å². The van der Waals surface area contributed by atoms with Gasteiger partial charge in [0.15, 0.2) is 0 Å². The summed E-state index contributed by atoms with van der Waals surface area (Å²) in [5, 5.41) is 5.85. The molecule has 110 valence electrons. The molecule has 1 aliphatic rings. The monoisotopic (exact) mass is 284 g/mol. The maximum atomic E-state index is 11.9. The van der Waals surface area contributed by atoms with Crippen molar-refractivity contribution in [3.8, 4) is 0 Å². The summed E-state index contributed by atoms with van der Waals surface area (Å²) in [5.41, 5.74) is 2.37. The zero-order valence-corrected chi connectivity index (χ0v) is 11.1. The molecule has 1 aromatic carbocycles. The molecule has 4 nitrogen and oxygen atoms in total. The fourth-order valence-electron chi connectivity index (χ4n) is 2.18. The molecule has 0 saturated heterocycles. The second-order valence-corrected chi connectivity index (χ2v) is 4.66. The normalized spacial score (nSPS) is 17.9. The molecule has 20 heavy (non-hydrogen) atoms. The minimum Gasteiger partial charge on any atom is -0.374 e. The van der Waals surface area contributed by atoms with Gasteiger partial charge in [-0.25, -0.2) is 8.78 Å². The highest BCUT2D eigenvalue weighted by Gasteiger charge is 2.23. The van der Waals surface area contributed by atoms with Gasteiger partial charge in [-0.1, -0.05) is 24.3 Å². The molecule has 1 heterocycles. The lowest BCUT2D eigenvalue weighted by Crippen LogP contribution is -2.48. The molecule has 6 heteroatoms. The molecule has 0 saturated carbocycles. The van der Waals surface area contributed by atoms with Crippen LogP contribution >= 0.6 is 0 Å². The highest BCUT2D eigenvalue weighted by atomic mass is 19.3. The first-order valence-electron chi connectivity index (χ1n) is 6.60. The molecule has 0 bridgehead atoms. The molecule has 1 atom stereocenters. The zero-order chi connectivity index (χ0) is 14.4. The second kappa shape index (κ2) is 7.31. The molecule has 0 fully saturated rings. The van der Waals surface area contributed by atoms with Crippen LogP contribution in [0.25, 0.3) is 0 Å². The molecular formula is C14H18F2N2O2. The predicted molar refractivity (Wildman–Crippen MR) is 70.6 cm³/mol. The van der Waals surface area contributed by atoms with Gasteiger partial charge < -0.3 is 15.4 Å². The van der Waals surface area contributed by atoms with E-state index < -0.39 is 13.0 Å². The predicted octanol–water partition coefficient (Wildman–Crippen LogP) is 1.10. The summed E-state index contributed by atoms with van der Waals surface area (Å²) < 4.78 is 28.4. The minimum atomic E-state index is -2.47. The summed E-state index contributed by atoms with van der Waals surface area (Å²) in [6, 6.07) is 7.70. The van der Waals surface area contributed by atoms with Crippen LogP contribution in [0.5, 0.6) is 0 Å². The van der Waals surface area contributed by atoms with Gasteiger partial charge in [-0.15, -0.1) is 0 Å². The number of alkyl halides is 2. The number of ether oxygens (including phenoxy) is 1. The average Bonchev–Trinajstić information content (AvgIpc) is 2.46. The Kier molecular flexibility index (Phi) is 5.43. The van der Waals surface area contributed by atoms with Crippen molar-refractivity contribution >= 4 is 5.91 Å². The number of benzene rings is 1. The first-order chi connectivity index (χ1) is 9.66.